The van der Waals surface area contributed by atoms with E-state index < -0.39 is 0 Å². The van der Waals surface area contributed by atoms with Crippen molar-refractivity contribution < 1.29 is 14.1 Å². The average Bonchev–Trinajstić information content (AvgIpc) is 3.01. The Morgan fingerprint density at radius 3 is 2.68 bits per heavy atom. The van der Waals surface area contributed by atoms with Crippen molar-refractivity contribution in [1.82, 2.24) is 10.1 Å². The number of amides is 1. The number of nitrogens with zero attached hydrogens (tertiary/aromatic N) is 3. The summed E-state index contributed by atoms with van der Waals surface area (Å²) in [5, 5.41) is 16.1. The fourth-order valence-corrected chi connectivity index (χ4v) is 2.86. The number of pyridine rings is 1. The number of hydrogen-bond acceptors (Lipinski definition) is 7. The SMILES string of the molecule is CC(=O)c1cc(C#N)c(SCC(=O)Nc2cc(C(C)C)no2)nc1C. The van der Waals surface area contributed by atoms with E-state index in [1.54, 1.807) is 13.0 Å². The summed E-state index contributed by atoms with van der Waals surface area (Å²) in [5.74, 6) is 0.0930. The Bertz CT molecular complexity index is 852. The second-order valence-electron chi connectivity index (χ2n) is 5.75. The highest BCUT2D eigenvalue weighted by atomic mass is 32.2. The predicted molar refractivity (Wildman–Crippen MR) is 93.6 cm³/mol. The Kier molecular flexibility index (Phi) is 5.93. The van der Waals surface area contributed by atoms with Crippen molar-refractivity contribution in [3.05, 3.63) is 34.6 Å². The molecule has 0 aromatic carbocycles. The van der Waals surface area contributed by atoms with Crippen LogP contribution >= 0.6 is 11.8 Å². The fourth-order valence-electron chi connectivity index (χ4n) is 2.06. The quantitative estimate of drug-likeness (QED) is 0.623. The van der Waals surface area contributed by atoms with Gasteiger partial charge in [-0.1, -0.05) is 30.8 Å². The largest absolute Gasteiger partial charge is 0.338 e. The van der Waals surface area contributed by atoms with Gasteiger partial charge < -0.3 is 4.52 Å². The molecule has 0 saturated heterocycles. The topological polar surface area (TPSA) is 109 Å². The predicted octanol–water partition coefficient (Wildman–Crippen LogP) is 3.31. The Hall–Kier alpha value is -2.66. The summed E-state index contributed by atoms with van der Waals surface area (Å²) in [6, 6.07) is 5.20. The molecule has 130 valence electrons. The van der Waals surface area contributed by atoms with E-state index in [-0.39, 0.29) is 34.8 Å². The highest BCUT2D eigenvalue weighted by Crippen LogP contribution is 2.24. The Labute approximate surface area is 149 Å². The van der Waals surface area contributed by atoms with Crippen LogP contribution in [0.25, 0.3) is 0 Å². The zero-order valence-corrected chi connectivity index (χ0v) is 15.2. The highest BCUT2D eigenvalue weighted by molar-refractivity contribution is 8.00. The van der Waals surface area contributed by atoms with Crippen LogP contribution in [0, 0.1) is 18.3 Å². The van der Waals surface area contributed by atoms with Gasteiger partial charge >= 0.3 is 0 Å². The van der Waals surface area contributed by atoms with Crippen LogP contribution in [0.4, 0.5) is 5.88 Å². The number of aromatic nitrogens is 2. The first kappa shape index (κ1) is 18.7. The van der Waals surface area contributed by atoms with Gasteiger partial charge in [-0.25, -0.2) is 4.98 Å². The first-order valence-corrected chi connectivity index (χ1v) is 8.62. The van der Waals surface area contributed by atoms with Gasteiger partial charge in [0.1, 0.15) is 11.1 Å². The number of thioether (sulfide) groups is 1. The van der Waals surface area contributed by atoms with Crippen LogP contribution in [0.5, 0.6) is 0 Å². The van der Waals surface area contributed by atoms with Gasteiger partial charge in [-0.3, -0.25) is 14.9 Å². The molecule has 2 heterocycles. The molecule has 2 rings (SSSR count). The summed E-state index contributed by atoms with van der Waals surface area (Å²) in [5.41, 5.74) is 1.97. The van der Waals surface area contributed by atoms with Gasteiger partial charge in [0, 0.05) is 17.3 Å². The molecule has 7 nitrogen and oxygen atoms in total. The summed E-state index contributed by atoms with van der Waals surface area (Å²) in [6.45, 7) is 7.07. The maximum atomic E-state index is 12.0. The van der Waals surface area contributed by atoms with E-state index in [4.69, 9.17) is 4.52 Å². The van der Waals surface area contributed by atoms with Gasteiger partial charge in [0.2, 0.25) is 11.8 Å². The van der Waals surface area contributed by atoms with E-state index in [1.807, 2.05) is 19.9 Å². The van der Waals surface area contributed by atoms with E-state index in [0.29, 0.717) is 16.3 Å². The number of nitriles is 1. The standard InChI is InChI=1S/C17H18N4O3S/c1-9(2)14-6-16(24-21-14)20-15(23)8-25-17-12(7-18)5-13(11(4)22)10(3)19-17/h5-6,9H,8H2,1-4H3,(H,20,23). The molecule has 0 aliphatic rings. The third-order valence-electron chi connectivity index (χ3n) is 3.40. The number of hydrogen-bond donors (Lipinski definition) is 1. The van der Waals surface area contributed by atoms with Crippen LogP contribution in [0.1, 0.15) is 54.0 Å². The van der Waals surface area contributed by atoms with Crippen molar-refractivity contribution in [3.63, 3.8) is 0 Å². The summed E-state index contributed by atoms with van der Waals surface area (Å²) in [7, 11) is 0. The minimum atomic E-state index is -0.296. The van der Waals surface area contributed by atoms with Crippen molar-refractivity contribution in [2.24, 2.45) is 0 Å². The van der Waals surface area contributed by atoms with Crippen LogP contribution in [0.15, 0.2) is 21.7 Å². The molecule has 8 heteroatoms. The molecular formula is C17H18N4O3S. The lowest BCUT2D eigenvalue weighted by Crippen LogP contribution is -2.14. The van der Waals surface area contributed by atoms with Crippen LogP contribution in [0.2, 0.25) is 0 Å². The van der Waals surface area contributed by atoms with Crippen molar-refractivity contribution in [3.8, 4) is 6.07 Å². The number of carbonyl (C=O) groups excluding carboxylic acids is 2. The smallest absolute Gasteiger partial charge is 0.237 e. The van der Waals surface area contributed by atoms with Crippen LogP contribution in [-0.4, -0.2) is 27.6 Å². The lowest BCUT2D eigenvalue weighted by Gasteiger charge is -2.07. The molecule has 0 spiro atoms. The minimum absolute atomic E-state index is 0.0538. The summed E-state index contributed by atoms with van der Waals surface area (Å²) >= 11 is 1.13. The fraction of sp³-hybridized carbons (Fsp3) is 0.353. The van der Waals surface area contributed by atoms with E-state index in [1.165, 1.54) is 13.0 Å². The molecule has 0 aliphatic heterocycles. The number of rotatable bonds is 6. The molecule has 0 fully saturated rings. The van der Waals surface area contributed by atoms with Crippen molar-refractivity contribution in [1.29, 1.82) is 5.26 Å². The monoisotopic (exact) mass is 358 g/mol. The summed E-state index contributed by atoms with van der Waals surface area (Å²) in [6.07, 6.45) is 0. The minimum Gasteiger partial charge on any atom is -0.338 e. The van der Waals surface area contributed by atoms with Gasteiger partial charge in [-0.05, 0) is 25.8 Å². The number of carbonyl (C=O) groups is 2. The molecule has 1 amide bonds. The van der Waals surface area contributed by atoms with Crippen molar-refractivity contribution in [2.75, 3.05) is 11.1 Å². The van der Waals surface area contributed by atoms with Gasteiger partial charge in [0.25, 0.3) is 0 Å². The Morgan fingerprint density at radius 2 is 2.12 bits per heavy atom. The van der Waals surface area contributed by atoms with Crippen molar-refractivity contribution >= 4 is 29.3 Å². The maximum absolute atomic E-state index is 12.0. The van der Waals surface area contributed by atoms with E-state index in [0.717, 1.165) is 17.5 Å². The zero-order valence-electron chi connectivity index (χ0n) is 14.4. The zero-order chi connectivity index (χ0) is 18.6. The van der Waals surface area contributed by atoms with Gasteiger partial charge in [0.15, 0.2) is 5.78 Å². The molecule has 0 saturated carbocycles. The van der Waals surface area contributed by atoms with Crippen LogP contribution < -0.4 is 5.32 Å². The summed E-state index contributed by atoms with van der Waals surface area (Å²) in [4.78, 5) is 27.8. The van der Waals surface area contributed by atoms with E-state index >= 15 is 0 Å². The normalized spacial score (nSPS) is 10.6. The number of nitrogens with one attached hydrogen (secondary N) is 1. The molecule has 0 atom stereocenters. The van der Waals surface area contributed by atoms with Crippen molar-refractivity contribution in [2.45, 2.75) is 38.6 Å². The van der Waals surface area contributed by atoms with Crippen LogP contribution in [0.3, 0.4) is 0 Å². The highest BCUT2D eigenvalue weighted by Gasteiger charge is 2.15. The second-order valence-corrected chi connectivity index (χ2v) is 6.71. The summed E-state index contributed by atoms with van der Waals surface area (Å²) < 4.78 is 5.06. The Morgan fingerprint density at radius 1 is 1.40 bits per heavy atom. The third kappa shape index (κ3) is 4.67. The maximum Gasteiger partial charge on any atom is 0.237 e. The lowest BCUT2D eigenvalue weighted by atomic mass is 10.1. The van der Waals surface area contributed by atoms with Gasteiger partial charge in [-0.15, -0.1) is 0 Å². The van der Waals surface area contributed by atoms with Gasteiger partial charge in [-0.2, -0.15) is 5.26 Å². The molecular weight excluding hydrogens is 340 g/mol. The molecule has 0 bridgehead atoms. The Balaban J connectivity index is 2.05. The third-order valence-corrected chi connectivity index (χ3v) is 4.39. The van der Waals surface area contributed by atoms with E-state index in [2.05, 4.69) is 15.5 Å². The first-order valence-electron chi connectivity index (χ1n) is 7.63. The van der Waals surface area contributed by atoms with Gasteiger partial charge in [0.05, 0.1) is 17.0 Å². The molecule has 0 aliphatic carbocycles. The second kappa shape index (κ2) is 7.94. The van der Waals surface area contributed by atoms with Crippen LogP contribution in [-0.2, 0) is 4.79 Å². The average molecular weight is 358 g/mol. The molecule has 0 radical (unpaired) electrons. The molecule has 25 heavy (non-hydrogen) atoms. The lowest BCUT2D eigenvalue weighted by molar-refractivity contribution is -0.113. The van der Waals surface area contributed by atoms with E-state index in [9.17, 15) is 14.9 Å². The number of Topliss-reactive ketones (excluding diaryl/α,β-unsaturated/α-hetero) is 1. The number of anilines is 1. The molecule has 0 unspecified atom stereocenters. The molecule has 1 N–H and O–H groups in total. The molecule has 2 aromatic rings. The number of ketones is 1. The number of aryl methyl sites for hydroxylation is 1. The first-order chi connectivity index (χ1) is 11.8. The molecule has 2 aromatic heterocycles.